The lowest BCUT2D eigenvalue weighted by molar-refractivity contribution is 0.0600. The number of carbonyl (C=O) groups excluding carboxylic acids is 1. The van der Waals surface area contributed by atoms with E-state index < -0.39 is 16.0 Å². The quantitative estimate of drug-likeness (QED) is 0.704. The van der Waals surface area contributed by atoms with Gasteiger partial charge in [-0.05, 0) is 42.0 Å². The number of rotatable bonds is 6. The second-order valence-corrected chi connectivity index (χ2v) is 7.86. The van der Waals surface area contributed by atoms with Crippen molar-refractivity contribution in [3.8, 4) is 11.5 Å². The molecule has 2 aromatic rings. The molecule has 27 heavy (non-hydrogen) atoms. The fourth-order valence-electron chi connectivity index (χ4n) is 2.79. The van der Waals surface area contributed by atoms with Gasteiger partial charge in [0.2, 0.25) is 10.0 Å². The van der Waals surface area contributed by atoms with Crippen molar-refractivity contribution in [2.24, 2.45) is 0 Å². The van der Waals surface area contributed by atoms with Gasteiger partial charge in [-0.25, -0.2) is 13.2 Å². The third-order valence-corrected chi connectivity index (χ3v) is 6.17. The van der Waals surface area contributed by atoms with Crippen LogP contribution < -0.4 is 9.47 Å². The molecule has 0 atom stereocenters. The number of esters is 1. The van der Waals surface area contributed by atoms with Gasteiger partial charge in [0.25, 0.3) is 0 Å². The fraction of sp³-hybridized carbons (Fsp3) is 0.316. The zero-order valence-corrected chi connectivity index (χ0v) is 16.0. The summed E-state index contributed by atoms with van der Waals surface area (Å²) in [7, 11) is -2.43. The predicted octanol–water partition coefficient (Wildman–Crippen LogP) is 2.46. The second-order valence-electron chi connectivity index (χ2n) is 5.93. The normalized spacial score (nSPS) is 13.4. The number of methoxy groups -OCH3 is 1. The molecule has 0 aliphatic carbocycles. The molecule has 1 aliphatic heterocycles. The molecule has 0 radical (unpaired) electrons. The van der Waals surface area contributed by atoms with Crippen LogP contribution in [0.4, 0.5) is 0 Å². The third kappa shape index (κ3) is 4.06. The monoisotopic (exact) mass is 391 g/mol. The summed E-state index contributed by atoms with van der Waals surface area (Å²) in [5.41, 5.74) is 1.10. The minimum atomic E-state index is -3.71. The van der Waals surface area contributed by atoms with E-state index in [1.165, 1.54) is 35.7 Å². The van der Waals surface area contributed by atoms with E-state index in [0.29, 0.717) is 36.8 Å². The molecule has 0 amide bonds. The molecule has 1 aliphatic rings. The Morgan fingerprint density at radius 3 is 2.37 bits per heavy atom. The number of hydrogen-bond donors (Lipinski definition) is 0. The number of sulfonamides is 1. The average molecular weight is 391 g/mol. The van der Waals surface area contributed by atoms with Gasteiger partial charge in [0.05, 0.1) is 17.6 Å². The summed E-state index contributed by atoms with van der Waals surface area (Å²) in [4.78, 5) is 11.6. The van der Waals surface area contributed by atoms with Crippen molar-refractivity contribution in [3.05, 3.63) is 53.6 Å². The Hall–Kier alpha value is -2.58. The molecule has 0 spiro atoms. The molecule has 0 unspecified atom stereocenters. The summed E-state index contributed by atoms with van der Waals surface area (Å²) in [6, 6.07) is 11.1. The van der Waals surface area contributed by atoms with Gasteiger partial charge in [0.15, 0.2) is 11.5 Å². The van der Waals surface area contributed by atoms with Crippen molar-refractivity contribution < 1.29 is 27.4 Å². The molecule has 7 nitrogen and oxygen atoms in total. The maximum Gasteiger partial charge on any atom is 0.337 e. The number of benzene rings is 2. The van der Waals surface area contributed by atoms with Crippen LogP contribution in [-0.2, 0) is 21.3 Å². The zero-order chi connectivity index (χ0) is 19.4. The maximum absolute atomic E-state index is 13.0. The number of hydrogen-bond acceptors (Lipinski definition) is 6. The Morgan fingerprint density at radius 2 is 1.74 bits per heavy atom. The summed E-state index contributed by atoms with van der Waals surface area (Å²) in [6.45, 7) is 3.25. The highest BCUT2D eigenvalue weighted by Crippen LogP contribution is 2.31. The standard InChI is InChI=1S/C19H21NO6S/c1-3-20(13-14-4-9-17-18(12-14)26-11-10-25-17)27(22,23)16-7-5-15(6-8-16)19(21)24-2/h4-9,12H,3,10-11,13H2,1-2H3. The molecule has 0 aromatic heterocycles. The average Bonchev–Trinajstić information content (AvgIpc) is 2.71. The molecular weight excluding hydrogens is 370 g/mol. The topological polar surface area (TPSA) is 82.1 Å². The van der Waals surface area contributed by atoms with E-state index in [0.717, 1.165) is 5.56 Å². The van der Waals surface area contributed by atoms with Gasteiger partial charge in [-0.1, -0.05) is 13.0 Å². The van der Waals surface area contributed by atoms with Crippen LogP contribution in [0.5, 0.6) is 11.5 Å². The van der Waals surface area contributed by atoms with Crippen LogP contribution in [0.3, 0.4) is 0 Å². The Labute approximate surface area is 158 Å². The van der Waals surface area contributed by atoms with Crippen molar-refractivity contribution in [1.29, 1.82) is 0 Å². The Balaban J connectivity index is 1.82. The van der Waals surface area contributed by atoms with E-state index in [4.69, 9.17) is 9.47 Å². The highest BCUT2D eigenvalue weighted by Gasteiger charge is 2.24. The smallest absolute Gasteiger partial charge is 0.337 e. The molecule has 1 heterocycles. The molecular formula is C19H21NO6S. The van der Waals surface area contributed by atoms with Gasteiger partial charge in [-0.15, -0.1) is 0 Å². The Morgan fingerprint density at radius 1 is 1.07 bits per heavy atom. The van der Waals surface area contributed by atoms with E-state index >= 15 is 0 Å². The first-order valence-electron chi connectivity index (χ1n) is 8.52. The largest absolute Gasteiger partial charge is 0.486 e. The first-order chi connectivity index (χ1) is 13.0. The molecule has 0 saturated carbocycles. The minimum Gasteiger partial charge on any atom is -0.486 e. The van der Waals surface area contributed by atoms with Crippen LogP contribution in [0, 0.1) is 0 Å². The van der Waals surface area contributed by atoms with Gasteiger partial charge < -0.3 is 14.2 Å². The molecule has 0 N–H and O–H groups in total. The summed E-state index contributed by atoms with van der Waals surface area (Å²) < 4.78 is 43.0. The number of carbonyl (C=O) groups is 1. The SMILES string of the molecule is CCN(Cc1ccc2c(c1)OCCO2)S(=O)(=O)c1ccc(C(=O)OC)cc1. The van der Waals surface area contributed by atoms with E-state index in [-0.39, 0.29) is 11.4 Å². The highest BCUT2D eigenvalue weighted by molar-refractivity contribution is 7.89. The molecule has 2 aromatic carbocycles. The molecule has 0 fully saturated rings. The van der Waals surface area contributed by atoms with Crippen molar-refractivity contribution in [2.45, 2.75) is 18.4 Å². The van der Waals surface area contributed by atoms with Crippen LogP contribution in [0.2, 0.25) is 0 Å². The molecule has 144 valence electrons. The van der Waals surface area contributed by atoms with Gasteiger partial charge in [0.1, 0.15) is 13.2 Å². The first-order valence-corrected chi connectivity index (χ1v) is 9.96. The van der Waals surface area contributed by atoms with Crippen LogP contribution >= 0.6 is 0 Å². The van der Waals surface area contributed by atoms with Crippen LogP contribution in [0.15, 0.2) is 47.4 Å². The van der Waals surface area contributed by atoms with E-state index in [2.05, 4.69) is 4.74 Å². The number of ether oxygens (including phenoxy) is 3. The summed E-state index contributed by atoms with van der Waals surface area (Å²) in [6.07, 6.45) is 0. The molecule has 3 rings (SSSR count). The van der Waals surface area contributed by atoms with Gasteiger partial charge in [-0.3, -0.25) is 0 Å². The zero-order valence-electron chi connectivity index (χ0n) is 15.2. The van der Waals surface area contributed by atoms with Crippen LogP contribution in [0.25, 0.3) is 0 Å². The van der Waals surface area contributed by atoms with Crippen LogP contribution in [0.1, 0.15) is 22.8 Å². The maximum atomic E-state index is 13.0. The Bertz CT molecular complexity index is 924. The van der Waals surface area contributed by atoms with Crippen molar-refractivity contribution in [1.82, 2.24) is 4.31 Å². The third-order valence-electron chi connectivity index (χ3n) is 4.23. The fourth-order valence-corrected chi connectivity index (χ4v) is 4.22. The van der Waals surface area contributed by atoms with Crippen LogP contribution in [-0.4, -0.2) is 45.6 Å². The minimum absolute atomic E-state index is 0.120. The Kier molecular flexibility index (Phi) is 5.67. The predicted molar refractivity (Wildman–Crippen MR) is 98.5 cm³/mol. The van der Waals surface area contributed by atoms with Gasteiger partial charge in [0, 0.05) is 13.1 Å². The lowest BCUT2D eigenvalue weighted by Gasteiger charge is -2.23. The van der Waals surface area contributed by atoms with Crippen molar-refractivity contribution in [2.75, 3.05) is 26.9 Å². The first kappa shape index (κ1) is 19.2. The van der Waals surface area contributed by atoms with E-state index in [9.17, 15) is 13.2 Å². The summed E-state index contributed by atoms with van der Waals surface area (Å²) in [5, 5.41) is 0. The van der Waals surface area contributed by atoms with E-state index in [1.54, 1.807) is 19.1 Å². The molecule has 8 heteroatoms. The lowest BCUT2D eigenvalue weighted by Crippen LogP contribution is -2.30. The van der Waals surface area contributed by atoms with E-state index in [1.807, 2.05) is 6.07 Å². The molecule has 0 saturated heterocycles. The lowest BCUT2D eigenvalue weighted by atomic mass is 10.2. The van der Waals surface area contributed by atoms with Crippen molar-refractivity contribution in [3.63, 3.8) is 0 Å². The highest BCUT2D eigenvalue weighted by atomic mass is 32.2. The molecule has 0 bridgehead atoms. The number of fused-ring (bicyclic) bond motifs is 1. The second kappa shape index (κ2) is 7.98. The van der Waals surface area contributed by atoms with Crippen molar-refractivity contribution >= 4 is 16.0 Å². The van der Waals surface area contributed by atoms with Gasteiger partial charge in [-0.2, -0.15) is 4.31 Å². The van der Waals surface area contributed by atoms with Gasteiger partial charge >= 0.3 is 5.97 Å². The summed E-state index contributed by atoms with van der Waals surface area (Å²) >= 11 is 0. The number of nitrogens with zero attached hydrogens (tertiary/aromatic N) is 1. The summed E-state index contributed by atoms with van der Waals surface area (Å²) in [5.74, 6) is 0.770.